The van der Waals surface area contributed by atoms with E-state index in [1.165, 1.54) is 6.33 Å². The van der Waals surface area contributed by atoms with Crippen molar-refractivity contribution < 1.29 is 23.7 Å². The van der Waals surface area contributed by atoms with E-state index in [0.29, 0.717) is 35.4 Å². The van der Waals surface area contributed by atoms with E-state index in [9.17, 15) is 0 Å². The summed E-state index contributed by atoms with van der Waals surface area (Å²) in [7, 11) is 1.63. The van der Waals surface area contributed by atoms with E-state index in [2.05, 4.69) is 20.2 Å². The Kier molecular flexibility index (Phi) is 6.09. The number of rotatable bonds is 8. The van der Waals surface area contributed by atoms with Crippen molar-refractivity contribution in [3.05, 3.63) is 36.7 Å². The highest BCUT2D eigenvalue weighted by molar-refractivity contribution is 5.93. The van der Waals surface area contributed by atoms with Crippen molar-refractivity contribution in [2.75, 3.05) is 58.7 Å². The quantitative estimate of drug-likeness (QED) is 0.533. The average Bonchev–Trinajstić information content (AvgIpc) is 3.32. The van der Waals surface area contributed by atoms with Gasteiger partial charge in [-0.15, -0.1) is 0 Å². The van der Waals surface area contributed by atoms with Gasteiger partial charge in [-0.2, -0.15) is 0 Å². The van der Waals surface area contributed by atoms with Crippen LogP contribution in [0.4, 0.5) is 11.5 Å². The van der Waals surface area contributed by atoms with Gasteiger partial charge >= 0.3 is 0 Å². The van der Waals surface area contributed by atoms with Gasteiger partial charge in [0.15, 0.2) is 23.0 Å². The molecular formula is C23H26N4O5. The predicted molar refractivity (Wildman–Crippen MR) is 119 cm³/mol. The van der Waals surface area contributed by atoms with Gasteiger partial charge in [0, 0.05) is 31.1 Å². The number of ether oxygens (including phenoxy) is 5. The third-order valence-electron chi connectivity index (χ3n) is 5.55. The topological polar surface area (TPSA) is 87.2 Å². The molecule has 9 heteroatoms. The number of anilines is 2. The summed E-state index contributed by atoms with van der Waals surface area (Å²) >= 11 is 0. The summed E-state index contributed by atoms with van der Waals surface area (Å²) in [5, 5.41) is 4.16. The fraction of sp³-hybridized carbons (Fsp3) is 0.391. The van der Waals surface area contributed by atoms with Gasteiger partial charge in [0.25, 0.3) is 0 Å². The summed E-state index contributed by atoms with van der Waals surface area (Å²) in [6.45, 7) is 5.37. The van der Waals surface area contributed by atoms with Crippen molar-refractivity contribution >= 4 is 22.4 Å². The SMILES string of the molecule is COc1cc2c(Nc3cccc4c3OCO4)ncnc2cc1OCCCN1CCOCC1. The zero-order valence-electron chi connectivity index (χ0n) is 18.0. The maximum Gasteiger partial charge on any atom is 0.231 e. The first-order chi connectivity index (χ1) is 15.8. The summed E-state index contributed by atoms with van der Waals surface area (Å²) in [4.78, 5) is 11.3. The highest BCUT2D eigenvalue weighted by Gasteiger charge is 2.19. The van der Waals surface area contributed by atoms with E-state index in [1.54, 1.807) is 7.11 Å². The Balaban J connectivity index is 1.33. The van der Waals surface area contributed by atoms with E-state index in [4.69, 9.17) is 23.7 Å². The molecule has 2 aliphatic rings. The molecule has 2 aliphatic heterocycles. The molecule has 5 rings (SSSR count). The van der Waals surface area contributed by atoms with Crippen molar-refractivity contribution in [1.29, 1.82) is 0 Å². The molecule has 0 radical (unpaired) electrons. The number of nitrogens with one attached hydrogen (secondary N) is 1. The standard InChI is InChI=1S/C23H26N4O5/c1-28-20-12-16-18(13-21(20)30-9-3-6-27-7-10-29-11-8-27)24-14-25-23(16)26-17-4-2-5-19-22(17)32-15-31-19/h2,4-5,12-14H,3,6-11,15H2,1H3,(H,24,25,26). The molecule has 0 unspecified atom stereocenters. The zero-order chi connectivity index (χ0) is 21.8. The number of morpholine rings is 1. The molecule has 1 aromatic heterocycles. The van der Waals surface area contributed by atoms with E-state index in [0.717, 1.165) is 55.9 Å². The van der Waals surface area contributed by atoms with Crippen LogP contribution in [0.5, 0.6) is 23.0 Å². The van der Waals surface area contributed by atoms with E-state index in [-0.39, 0.29) is 6.79 Å². The fourth-order valence-corrected chi connectivity index (χ4v) is 3.89. The van der Waals surface area contributed by atoms with Crippen molar-refractivity contribution in [2.45, 2.75) is 6.42 Å². The number of benzene rings is 2. The van der Waals surface area contributed by atoms with Gasteiger partial charge in [-0.05, 0) is 24.6 Å². The van der Waals surface area contributed by atoms with Crippen LogP contribution in [0.2, 0.25) is 0 Å². The lowest BCUT2D eigenvalue weighted by atomic mass is 10.2. The smallest absolute Gasteiger partial charge is 0.231 e. The third-order valence-corrected chi connectivity index (χ3v) is 5.55. The fourth-order valence-electron chi connectivity index (χ4n) is 3.89. The van der Waals surface area contributed by atoms with Crippen LogP contribution in [-0.2, 0) is 4.74 Å². The van der Waals surface area contributed by atoms with Crippen LogP contribution in [0.1, 0.15) is 6.42 Å². The monoisotopic (exact) mass is 438 g/mol. The molecule has 3 aromatic rings. The molecule has 1 fully saturated rings. The first-order valence-corrected chi connectivity index (χ1v) is 10.7. The van der Waals surface area contributed by atoms with Gasteiger partial charge in [-0.1, -0.05) is 6.07 Å². The van der Waals surface area contributed by atoms with Crippen molar-refractivity contribution in [3.63, 3.8) is 0 Å². The Hall–Kier alpha value is -3.30. The molecular weight excluding hydrogens is 412 g/mol. The van der Waals surface area contributed by atoms with E-state index in [1.807, 2.05) is 30.3 Å². The summed E-state index contributed by atoms with van der Waals surface area (Å²) in [6.07, 6.45) is 2.46. The number of aromatic nitrogens is 2. The average molecular weight is 438 g/mol. The Morgan fingerprint density at radius 3 is 2.88 bits per heavy atom. The van der Waals surface area contributed by atoms with Crippen LogP contribution in [0.3, 0.4) is 0 Å². The van der Waals surface area contributed by atoms with Gasteiger partial charge < -0.3 is 29.0 Å². The van der Waals surface area contributed by atoms with Crippen LogP contribution in [-0.4, -0.2) is 68.2 Å². The minimum atomic E-state index is 0.207. The molecule has 1 saturated heterocycles. The van der Waals surface area contributed by atoms with E-state index < -0.39 is 0 Å². The van der Waals surface area contributed by atoms with Gasteiger partial charge in [0.2, 0.25) is 6.79 Å². The first-order valence-electron chi connectivity index (χ1n) is 10.7. The van der Waals surface area contributed by atoms with Crippen LogP contribution in [0.15, 0.2) is 36.7 Å². The van der Waals surface area contributed by atoms with Crippen molar-refractivity contribution in [2.24, 2.45) is 0 Å². The molecule has 0 saturated carbocycles. The molecule has 3 heterocycles. The van der Waals surface area contributed by atoms with Crippen LogP contribution < -0.4 is 24.3 Å². The lowest BCUT2D eigenvalue weighted by Gasteiger charge is -2.26. The summed E-state index contributed by atoms with van der Waals surface area (Å²) in [6, 6.07) is 9.49. The number of hydrogen-bond acceptors (Lipinski definition) is 9. The van der Waals surface area contributed by atoms with Gasteiger partial charge in [-0.3, -0.25) is 4.90 Å². The number of hydrogen-bond donors (Lipinski definition) is 1. The maximum atomic E-state index is 6.05. The summed E-state index contributed by atoms with van der Waals surface area (Å²) in [5.74, 6) is 3.34. The number of fused-ring (bicyclic) bond motifs is 2. The molecule has 0 bridgehead atoms. The van der Waals surface area contributed by atoms with Crippen molar-refractivity contribution in [1.82, 2.24) is 14.9 Å². The van der Waals surface area contributed by atoms with Crippen molar-refractivity contribution in [3.8, 4) is 23.0 Å². The zero-order valence-corrected chi connectivity index (χ0v) is 18.0. The van der Waals surface area contributed by atoms with Gasteiger partial charge in [0.1, 0.15) is 12.1 Å². The highest BCUT2D eigenvalue weighted by Crippen LogP contribution is 2.41. The Morgan fingerprint density at radius 1 is 1.09 bits per heavy atom. The molecule has 0 amide bonds. The normalized spacial score (nSPS) is 15.7. The molecule has 1 N–H and O–H groups in total. The van der Waals surface area contributed by atoms with Gasteiger partial charge in [0.05, 0.1) is 38.1 Å². The second-order valence-electron chi connectivity index (χ2n) is 7.56. The largest absolute Gasteiger partial charge is 0.493 e. The van der Waals surface area contributed by atoms with E-state index >= 15 is 0 Å². The lowest BCUT2D eigenvalue weighted by Crippen LogP contribution is -2.37. The molecule has 0 spiro atoms. The van der Waals surface area contributed by atoms with Crippen LogP contribution >= 0.6 is 0 Å². The lowest BCUT2D eigenvalue weighted by molar-refractivity contribution is 0.0357. The molecule has 0 atom stereocenters. The van der Waals surface area contributed by atoms with Crippen LogP contribution in [0.25, 0.3) is 10.9 Å². The number of nitrogens with zero attached hydrogens (tertiary/aromatic N) is 3. The number of methoxy groups -OCH3 is 1. The first kappa shape index (κ1) is 20.6. The second-order valence-corrected chi connectivity index (χ2v) is 7.56. The predicted octanol–water partition coefficient (Wildman–Crippen LogP) is 3.21. The van der Waals surface area contributed by atoms with Crippen LogP contribution in [0, 0.1) is 0 Å². The molecule has 0 aliphatic carbocycles. The third kappa shape index (κ3) is 4.35. The molecule has 2 aromatic carbocycles. The summed E-state index contributed by atoms with van der Waals surface area (Å²) < 4.78 is 28.1. The maximum absolute atomic E-state index is 6.05. The minimum absolute atomic E-state index is 0.207. The Morgan fingerprint density at radius 2 is 2.00 bits per heavy atom. The second kappa shape index (κ2) is 9.46. The minimum Gasteiger partial charge on any atom is -0.493 e. The van der Waals surface area contributed by atoms with Gasteiger partial charge in [-0.25, -0.2) is 9.97 Å². The summed E-state index contributed by atoms with van der Waals surface area (Å²) in [5.41, 5.74) is 1.54. The molecule has 168 valence electrons. The molecule has 9 nitrogen and oxygen atoms in total. The Labute approximate surface area is 186 Å². The Bertz CT molecular complexity index is 1090. The number of para-hydroxylation sites is 1. The highest BCUT2D eigenvalue weighted by atomic mass is 16.7. The molecule has 32 heavy (non-hydrogen) atoms.